The van der Waals surface area contributed by atoms with Crippen molar-refractivity contribution in [2.75, 3.05) is 18.3 Å². The summed E-state index contributed by atoms with van der Waals surface area (Å²) in [6, 6.07) is 5.05. The Morgan fingerprint density at radius 2 is 2.26 bits per heavy atom. The normalized spacial score (nSPS) is 12.0. The topological polar surface area (TPSA) is 95.1 Å². The van der Waals surface area contributed by atoms with E-state index in [0.29, 0.717) is 33.9 Å². The molecule has 2 rings (SSSR count). The number of carbonyl (C=O) groups excluding carboxylic acids is 1. The predicted molar refractivity (Wildman–Crippen MR) is 91.5 cm³/mol. The molecule has 0 radical (unpaired) electrons. The fourth-order valence-corrected chi connectivity index (χ4v) is 2.88. The van der Waals surface area contributed by atoms with E-state index in [1.165, 1.54) is 23.5 Å². The van der Waals surface area contributed by atoms with Crippen molar-refractivity contribution in [2.24, 2.45) is 0 Å². The fraction of sp³-hybridized carbons (Fsp3) is 0.357. The maximum Gasteiger partial charge on any atom is 0.237 e. The summed E-state index contributed by atoms with van der Waals surface area (Å²) in [4.78, 5) is 12.3. The molecule has 0 bridgehead atoms. The summed E-state index contributed by atoms with van der Waals surface area (Å²) < 4.78 is 6.48. The molecule has 1 atom stereocenters. The first-order valence-corrected chi connectivity index (χ1v) is 8.22. The second kappa shape index (κ2) is 7.56. The number of benzene rings is 1. The van der Waals surface area contributed by atoms with Crippen molar-refractivity contribution in [1.29, 1.82) is 0 Å². The molecule has 3 N–H and O–H groups in total. The highest BCUT2D eigenvalue weighted by atomic mass is 35.5. The van der Waals surface area contributed by atoms with Crippen molar-refractivity contribution in [2.45, 2.75) is 30.7 Å². The maximum atomic E-state index is 12.3. The molecule has 1 heterocycles. The molecule has 1 aromatic carbocycles. The lowest BCUT2D eigenvalue weighted by atomic mass is 10.3. The minimum Gasteiger partial charge on any atom is -0.495 e. The monoisotopic (exact) mass is 355 g/mol. The lowest BCUT2D eigenvalue weighted by Gasteiger charge is -2.12. The molecule has 0 unspecified atom stereocenters. The number of hydrogen-bond donors (Lipinski definition) is 2. The van der Waals surface area contributed by atoms with Gasteiger partial charge in [0.2, 0.25) is 11.1 Å². The van der Waals surface area contributed by atoms with Crippen LogP contribution in [0.5, 0.6) is 5.75 Å². The van der Waals surface area contributed by atoms with Gasteiger partial charge in [-0.15, -0.1) is 10.2 Å². The zero-order valence-electron chi connectivity index (χ0n) is 13.0. The lowest BCUT2D eigenvalue weighted by Crippen LogP contribution is -2.23. The first-order valence-electron chi connectivity index (χ1n) is 6.96. The van der Waals surface area contributed by atoms with E-state index >= 15 is 0 Å². The van der Waals surface area contributed by atoms with Gasteiger partial charge in [-0.2, -0.15) is 0 Å². The van der Waals surface area contributed by atoms with Crippen molar-refractivity contribution in [3.63, 3.8) is 0 Å². The average molecular weight is 356 g/mol. The Hall–Kier alpha value is -1.93. The number of thioether (sulfide) groups is 1. The van der Waals surface area contributed by atoms with E-state index in [1.807, 2.05) is 6.92 Å². The van der Waals surface area contributed by atoms with Crippen LogP contribution in [-0.2, 0) is 11.2 Å². The Morgan fingerprint density at radius 3 is 2.83 bits per heavy atom. The molecule has 0 fully saturated rings. The number of nitrogens with two attached hydrogens (primary N) is 1. The quantitative estimate of drug-likeness (QED) is 0.610. The minimum absolute atomic E-state index is 0.183. The van der Waals surface area contributed by atoms with Gasteiger partial charge in [0.25, 0.3) is 0 Å². The van der Waals surface area contributed by atoms with Crippen LogP contribution >= 0.6 is 23.4 Å². The van der Waals surface area contributed by atoms with Gasteiger partial charge in [0, 0.05) is 12.1 Å². The second-order valence-corrected chi connectivity index (χ2v) is 6.44. The summed E-state index contributed by atoms with van der Waals surface area (Å²) in [7, 11) is 1.53. The molecule has 1 aromatic heterocycles. The van der Waals surface area contributed by atoms with Crippen molar-refractivity contribution >= 4 is 35.0 Å². The zero-order valence-corrected chi connectivity index (χ0v) is 14.6. The summed E-state index contributed by atoms with van der Waals surface area (Å²) in [6.45, 7) is 3.71. The molecule has 2 aromatic rings. The third kappa shape index (κ3) is 4.08. The standard InChI is InChI=1S/C14H18ClN5O2S/c1-4-12-18-19-14(20(12)16)23-8(2)13(21)17-9-5-6-11(22-3)10(15)7-9/h5-8H,4,16H2,1-3H3,(H,17,21)/t8-/m1/s1. The lowest BCUT2D eigenvalue weighted by molar-refractivity contribution is -0.115. The number of carbonyl (C=O) groups is 1. The molecule has 0 aliphatic carbocycles. The first kappa shape index (κ1) is 17.4. The molecule has 1 amide bonds. The fourth-order valence-electron chi connectivity index (χ4n) is 1.83. The van der Waals surface area contributed by atoms with E-state index in [4.69, 9.17) is 22.2 Å². The summed E-state index contributed by atoms with van der Waals surface area (Å²) >= 11 is 7.28. The van der Waals surface area contributed by atoms with Crippen LogP contribution in [0.15, 0.2) is 23.4 Å². The van der Waals surface area contributed by atoms with E-state index in [9.17, 15) is 4.79 Å². The summed E-state index contributed by atoms with van der Waals surface area (Å²) in [6.07, 6.45) is 0.676. The average Bonchev–Trinajstić information content (AvgIpc) is 2.87. The van der Waals surface area contributed by atoms with Gasteiger partial charge in [-0.25, -0.2) is 4.68 Å². The number of halogens is 1. The number of aryl methyl sites for hydroxylation is 1. The van der Waals surface area contributed by atoms with Crippen molar-refractivity contribution in [3.05, 3.63) is 29.0 Å². The maximum absolute atomic E-state index is 12.3. The van der Waals surface area contributed by atoms with Crippen LogP contribution in [0.1, 0.15) is 19.7 Å². The number of nitrogens with one attached hydrogen (secondary N) is 1. The van der Waals surface area contributed by atoms with E-state index < -0.39 is 5.25 Å². The number of nitrogens with zero attached hydrogens (tertiary/aromatic N) is 3. The second-order valence-electron chi connectivity index (χ2n) is 4.72. The van der Waals surface area contributed by atoms with Gasteiger partial charge >= 0.3 is 0 Å². The first-order chi connectivity index (χ1) is 11.0. The van der Waals surface area contributed by atoms with Gasteiger partial charge in [-0.3, -0.25) is 4.79 Å². The minimum atomic E-state index is -0.396. The highest BCUT2D eigenvalue weighted by Crippen LogP contribution is 2.28. The van der Waals surface area contributed by atoms with Crippen LogP contribution in [0.2, 0.25) is 5.02 Å². The number of methoxy groups -OCH3 is 1. The van der Waals surface area contributed by atoms with Crippen LogP contribution in [-0.4, -0.2) is 33.1 Å². The van der Waals surface area contributed by atoms with Crippen molar-refractivity contribution < 1.29 is 9.53 Å². The Bertz CT molecular complexity index is 706. The zero-order chi connectivity index (χ0) is 17.0. The van der Waals surface area contributed by atoms with E-state index in [-0.39, 0.29) is 5.91 Å². The van der Waals surface area contributed by atoms with Crippen LogP contribution in [0.4, 0.5) is 5.69 Å². The molecule has 7 nitrogen and oxygen atoms in total. The Balaban J connectivity index is 2.02. The van der Waals surface area contributed by atoms with Gasteiger partial charge in [-0.1, -0.05) is 30.3 Å². The number of rotatable bonds is 6. The highest BCUT2D eigenvalue weighted by molar-refractivity contribution is 8.00. The molecule has 23 heavy (non-hydrogen) atoms. The summed E-state index contributed by atoms with van der Waals surface area (Å²) in [5.41, 5.74) is 0.594. The smallest absolute Gasteiger partial charge is 0.237 e. The van der Waals surface area contributed by atoms with Gasteiger partial charge in [0.05, 0.1) is 17.4 Å². The number of nitrogen functional groups attached to an aromatic ring is 1. The Morgan fingerprint density at radius 1 is 1.52 bits per heavy atom. The molecule has 0 aliphatic heterocycles. The Kier molecular flexibility index (Phi) is 5.73. The number of hydrogen-bond acceptors (Lipinski definition) is 6. The van der Waals surface area contributed by atoms with Gasteiger partial charge in [0.15, 0.2) is 5.82 Å². The Labute approximate surface area is 143 Å². The summed E-state index contributed by atoms with van der Waals surface area (Å²) in [5, 5.41) is 11.3. The predicted octanol–water partition coefficient (Wildman–Crippen LogP) is 2.34. The third-order valence-electron chi connectivity index (χ3n) is 3.12. The summed E-state index contributed by atoms with van der Waals surface area (Å²) in [5.74, 6) is 6.91. The molecular weight excluding hydrogens is 338 g/mol. The van der Waals surface area contributed by atoms with Crippen LogP contribution in [0.25, 0.3) is 0 Å². The highest BCUT2D eigenvalue weighted by Gasteiger charge is 2.19. The SMILES string of the molecule is CCc1nnc(S[C@H](C)C(=O)Nc2ccc(OC)c(Cl)c2)n1N. The van der Waals surface area contributed by atoms with Gasteiger partial charge < -0.3 is 15.9 Å². The van der Waals surface area contributed by atoms with Crippen LogP contribution in [0, 0.1) is 0 Å². The molecule has 124 valence electrons. The number of aromatic nitrogens is 3. The molecule has 9 heteroatoms. The number of ether oxygens (including phenoxy) is 1. The van der Waals surface area contributed by atoms with E-state index in [2.05, 4.69) is 15.5 Å². The molecule has 0 aliphatic rings. The van der Waals surface area contributed by atoms with Gasteiger partial charge in [0.1, 0.15) is 5.75 Å². The van der Waals surface area contributed by atoms with Crippen molar-refractivity contribution in [3.8, 4) is 5.75 Å². The molecule has 0 saturated heterocycles. The van der Waals surface area contributed by atoms with Crippen molar-refractivity contribution in [1.82, 2.24) is 14.9 Å². The van der Waals surface area contributed by atoms with Crippen LogP contribution in [0.3, 0.4) is 0 Å². The largest absolute Gasteiger partial charge is 0.495 e. The van der Waals surface area contributed by atoms with Gasteiger partial charge in [-0.05, 0) is 25.1 Å². The number of anilines is 1. The van der Waals surface area contributed by atoms with E-state index in [1.54, 1.807) is 25.1 Å². The number of amides is 1. The van der Waals surface area contributed by atoms with Crippen LogP contribution < -0.4 is 15.9 Å². The molecule has 0 saturated carbocycles. The van der Waals surface area contributed by atoms with E-state index in [0.717, 1.165) is 0 Å². The molecular formula is C14H18ClN5O2S. The third-order valence-corrected chi connectivity index (χ3v) is 4.47. The molecule has 0 spiro atoms.